The molecule has 0 radical (unpaired) electrons. The zero-order chi connectivity index (χ0) is 6.81. The van der Waals surface area contributed by atoms with E-state index >= 15 is 0 Å². The van der Waals surface area contributed by atoms with Crippen LogP contribution in [0.5, 0.6) is 0 Å². The third kappa shape index (κ3) is 1.18. The van der Waals surface area contributed by atoms with Gasteiger partial charge in [0, 0.05) is 25.6 Å². The van der Waals surface area contributed by atoms with Crippen LogP contribution in [0, 0.1) is 5.92 Å². The van der Waals surface area contributed by atoms with Crippen LogP contribution in [0.15, 0.2) is 0 Å². The van der Waals surface area contributed by atoms with E-state index in [2.05, 4.69) is 5.32 Å². The molecular formula is C8H15NO. The van der Waals surface area contributed by atoms with Gasteiger partial charge in [-0.05, 0) is 19.3 Å². The molecule has 0 aromatic carbocycles. The molecule has 2 aliphatic rings. The van der Waals surface area contributed by atoms with Crippen LogP contribution in [0.25, 0.3) is 0 Å². The number of rotatable bonds is 1. The molecule has 0 aliphatic carbocycles. The monoisotopic (exact) mass is 141 g/mol. The van der Waals surface area contributed by atoms with E-state index in [4.69, 9.17) is 4.74 Å². The minimum Gasteiger partial charge on any atom is -0.378 e. The van der Waals surface area contributed by atoms with Crippen molar-refractivity contribution in [2.75, 3.05) is 19.7 Å². The third-order valence-corrected chi connectivity index (χ3v) is 2.55. The van der Waals surface area contributed by atoms with E-state index in [1.54, 1.807) is 0 Å². The molecule has 0 aromatic rings. The van der Waals surface area contributed by atoms with Gasteiger partial charge in [0.1, 0.15) is 0 Å². The maximum atomic E-state index is 5.64. The van der Waals surface area contributed by atoms with Gasteiger partial charge in [0.25, 0.3) is 0 Å². The molecule has 2 heterocycles. The molecule has 58 valence electrons. The fraction of sp³-hybridized carbons (Fsp3) is 1.00. The van der Waals surface area contributed by atoms with Crippen molar-refractivity contribution in [3.05, 3.63) is 0 Å². The van der Waals surface area contributed by atoms with Crippen LogP contribution in [0.3, 0.4) is 0 Å². The molecule has 1 N–H and O–H groups in total. The maximum absolute atomic E-state index is 5.64. The first-order valence-corrected chi connectivity index (χ1v) is 4.29. The molecule has 1 unspecified atom stereocenters. The summed E-state index contributed by atoms with van der Waals surface area (Å²) in [6, 6.07) is 0. The average Bonchev–Trinajstić information content (AvgIpc) is 1.86. The van der Waals surface area contributed by atoms with Crippen LogP contribution in [0.4, 0.5) is 0 Å². The van der Waals surface area contributed by atoms with E-state index in [-0.39, 0.29) is 0 Å². The largest absolute Gasteiger partial charge is 0.378 e. The lowest BCUT2D eigenvalue weighted by molar-refractivity contribution is -0.0345. The van der Waals surface area contributed by atoms with Crippen molar-refractivity contribution in [2.45, 2.75) is 25.4 Å². The second-order valence-corrected chi connectivity index (χ2v) is 3.32. The van der Waals surface area contributed by atoms with Crippen molar-refractivity contribution in [1.29, 1.82) is 0 Å². The lowest BCUT2D eigenvalue weighted by Crippen LogP contribution is -2.50. The minimum atomic E-state index is 0.593. The predicted molar refractivity (Wildman–Crippen MR) is 40.0 cm³/mol. The highest BCUT2D eigenvalue weighted by molar-refractivity contribution is 4.83. The fourth-order valence-electron chi connectivity index (χ4n) is 1.71. The van der Waals surface area contributed by atoms with Gasteiger partial charge in [0.2, 0.25) is 0 Å². The second kappa shape index (κ2) is 2.89. The Morgan fingerprint density at radius 3 is 2.60 bits per heavy atom. The molecule has 2 nitrogen and oxygen atoms in total. The molecule has 1 atom stereocenters. The lowest BCUT2D eigenvalue weighted by atomic mass is 9.91. The van der Waals surface area contributed by atoms with Crippen molar-refractivity contribution in [1.82, 2.24) is 5.32 Å². The van der Waals surface area contributed by atoms with Crippen molar-refractivity contribution < 1.29 is 4.74 Å². The zero-order valence-electron chi connectivity index (χ0n) is 6.31. The highest BCUT2D eigenvalue weighted by atomic mass is 16.5. The van der Waals surface area contributed by atoms with E-state index in [9.17, 15) is 0 Å². The Kier molecular flexibility index (Phi) is 1.91. The fourth-order valence-corrected chi connectivity index (χ4v) is 1.71. The van der Waals surface area contributed by atoms with Crippen LogP contribution in [-0.4, -0.2) is 25.8 Å². The Bertz CT molecular complexity index is 106. The Morgan fingerprint density at radius 2 is 2.10 bits per heavy atom. The maximum Gasteiger partial charge on any atom is 0.0627 e. The summed E-state index contributed by atoms with van der Waals surface area (Å²) in [5.41, 5.74) is 0. The summed E-state index contributed by atoms with van der Waals surface area (Å²) >= 11 is 0. The smallest absolute Gasteiger partial charge is 0.0627 e. The van der Waals surface area contributed by atoms with Gasteiger partial charge in [0.15, 0.2) is 0 Å². The number of ether oxygens (including phenoxy) is 1. The van der Waals surface area contributed by atoms with E-state index in [0.29, 0.717) is 6.10 Å². The highest BCUT2D eigenvalue weighted by Gasteiger charge is 2.28. The summed E-state index contributed by atoms with van der Waals surface area (Å²) in [6.07, 6.45) is 4.54. The predicted octanol–water partition coefficient (Wildman–Crippen LogP) is 0.775. The Labute approximate surface area is 61.9 Å². The molecule has 0 spiro atoms. The first-order valence-electron chi connectivity index (χ1n) is 4.29. The average molecular weight is 141 g/mol. The molecule has 0 amide bonds. The summed E-state index contributed by atoms with van der Waals surface area (Å²) in [5, 5.41) is 3.28. The number of hydrogen-bond donors (Lipinski definition) is 1. The summed E-state index contributed by atoms with van der Waals surface area (Å²) in [6.45, 7) is 3.37. The van der Waals surface area contributed by atoms with Gasteiger partial charge in [-0.1, -0.05) is 0 Å². The SMILES string of the molecule is C1CCC(C2CNC2)OC1. The lowest BCUT2D eigenvalue weighted by Gasteiger charge is -2.36. The Hall–Kier alpha value is -0.0800. The summed E-state index contributed by atoms with van der Waals surface area (Å²) in [4.78, 5) is 0. The van der Waals surface area contributed by atoms with Crippen LogP contribution >= 0.6 is 0 Å². The van der Waals surface area contributed by atoms with Crippen LogP contribution in [-0.2, 0) is 4.74 Å². The number of hydrogen-bond acceptors (Lipinski definition) is 2. The second-order valence-electron chi connectivity index (χ2n) is 3.32. The standard InChI is InChI=1S/C8H15NO/c1-2-4-10-8(3-1)7-5-9-6-7/h7-9H,1-6H2. The molecule has 2 rings (SSSR count). The van der Waals surface area contributed by atoms with Crippen molar-refractivity contribution in [2.24, 2.45) is 5.92 Å². The van der Waals surface area contributed by atoms with Gasteiger partial charge in [-0.2, -0.15) is 0 Å². The first kappa shape index (κ1) is 6.62. The van der Waals surface area contributed by atoms with E-state index in [1.165, 1.54) is 32.4 Å². The van der Waals surface area contributed by atoms with Gasteiger partial charge < -0.3 is 10.1 Å². The van der Waals surface area contributed by atoms with Crippen molar-refractivity contribution >= 4 is 0 Å². The van der Waals surface area contributed by atoms with Crippen molar-refractivity contribution in [3.63, 3.8) is 0 Å². The van der Waals surface area contributed by atoms with Crippen LogP contribution in [0.2, 0.25) is 0 Å². The molecule has 10 heavy (non-hydrogen) atoms. The highest BCUT2D eigenvalue weighted by Crippen LogP contribution is 2.22. The summed E-state index contributed by atoms with van der Waals surface area (Å²) in [5.74, 6) is 0.834. The summed E-state index contributed by atoms with van der Waals surface area (Å²) < 4.78 is 5.64. The van der Waals surface area contributed by atoms with Gasteiger partial charge in [-0.25, -0.2) is 0 Å². The minimum absolute atomic E-state index is 0.593. The molecule has 0 saturated carbocycles. The van der Waals surface area contributed by atoms with Crippen LogP contribution in [0.1, 0.15) is 19.3 Å². The topological polar surface area (TPSA) is 21.3 Å². The van der Waals surface area contributed by atoms with Crippen molar-refractivity contribution in [3.8, 4) is 0 Å². The van der Waals surface area contributed by atoms with E-state index < -0.39 is 0 Å². The molecule has 2 aliphatic heterocycles. The van der Waals surface area contributed by atoms with E-state index in [1.807, 2.05) is 0 Å². The van der Waals surface area contributed by atoms with Gasteiger partial charge in [-0.15, -0.1) is 0 Å². The van der Waals surface area contributed by atoms with Crippen LogP contribution < -0.4 is 5.32 Å². The third-order valence-electron chi connectivity index (χ3n) is 2.55. The number of nitrogens with one attached hydrogen (secondary N) is 1. The molecule has 0 aromatic heterocycles. The molecular weight excluding hydrogens is 126 g/mol. The normalized spacial score (nSPS) is 35.4. The first-order chi connectivity index (χ1) is 4.97. The quantitative estimate of drug-likeness (QED) is 0.582. The van der Waals surface area contributed by atoms with Gasteiger partial charge >= 0.3 is 0 Å². The molecule has 2 saturated heterocycles. The van der Waals surface area contributed by atoms with E-state index in [0.717, 1.165) is 12.5 Å². The zero-order valence-corrected chi connectivity index (χ0v) is 6.31. The molecule has 2 heteroatoms. The van der Waals surface area contributed by atoms with Gasteiger partial charge in [0.05, 0.1) is 6.10 Å². The molecule has 2 fully saturated rings. The summed E-state index contributed by atoms with van der Waals surface area (Å²) in [7, 11) is 0. The Morgan fingerprint density at radius 1 is 1.20 bits per heavy atom. The van der Waals surface area contributed by atoms with Gasteiger partial charge in [-0.3, -0.25) is 0 Å². The molecule has 0 bridgehead atoms. The Balaban J connectivity index is 1.78.